The first-order chi connectivity index (χ1) is 18.6. The zero-order valence-corrected chi connectivity index (χ0v) is 26.4. The van der Waals surface area contributed by atoms with E-state index in [0.717, 1.165) is 56.9 Å². The van der Waals surface area contributed by atoms with Crippen LogP contribution in [0.3, 0.4) is 0 Å². The third-order valence-corrected chi connectivity index (χ3v) is 12.9. The fraction of sp³-hybridized carbons (Fsp3) is 0.778. The van der Waals surface area contributed by atoms with E-state index >= 15 is 0 Å². The van der Waals surface area contributed by atoms with Crippen LogP contribution in [0.5, 0.6) is 11.5 Å². The van der Waals surface area contributed by atoms with Crippen LogP contribution in [0.4, 0.5) is 0 Å². The van der Waals surface area contributed by atoms with Crippen molar-refractivity contribution in [2.75, 3.05) is 0 Å². The molecule has 4 aliphatic rings. The predicted octanol–water partition coefficient (Wildman–Crippen LogP) is 8.86. The zero-order chi connectivity index (χ0) is 29.1. The first-order valence-corrected chi connectivity index (χ1v) is 16.2. The maximum Gasteiger partial charge on any atom is 0.119 e. The Kier molecular flexibility index (Phi) is 7.74. The van der Waals surface area contributed by atoms with E-state index in [2.05, 4.69) is 48.5 Å². The SMILES string of the molecule is CC1=C(Cc2cc(O)ccc2O)[C@]2(C)CCC[C@@](C)(CC[C@@]3(O)[C@H](C)CCC4OC(C)(C)CCC[C@@]43C)C2CC1. The van der Waals surface area contributed by atoms with Crippen LogP contribution in [0.1, 0.15) is 131 Å². The van der Waals surface area contributed by atoms with Gasteiger partial charge in [0.15, 0.2) is 0 Å². The van der Waals surface area contributed by atoms with Crippen molar-refractivity contribution in [2.45, 2.75) is 149 Å². The standard InChI is InChI=1S/C36H56O4/c1-24-10-14-30-33(5,17-9-18-34(30,6)28(24)23-26-22-27(37)12-13-29(26)38)20-21-36(39)25(2)11-15-31-35(36,7)19-8-16-32(3,4)40-31/h12-13,22,25,30-31,37-39H,8-11,14-21,23H2,1-7H3/t25-,30?,31?,33+,34+,35+,36-/m1/s1. The van der Waals surface area contributed by atoms with Gasteiger partial charge < -0.3 is 20.1 Å². The second-order valence-electron chi connectivity index (χ2n) is 15.8. The highest BCUT2D eigenvalue weighted by molar-refractivity contribution is 5.43. The molecule has 7 atom stereocenters. The van der Waals surface area contributed by atoms with Gasteiger partial charge in [0.25, 0.3) is 0 Å². The lowest BCUT2D eigenvalue weighted by Crippen LogP contribution is -2.61. The molecule has 0 bridgehead atoms. The fourth-order valence-electron chi connectivity index (χ4n) is 10.3. The molecule has 3 fully saturated rings. The summed E-state index contributed by atoms with van der Waals surface area (Å²) in [6.07, 6.45) is 13.9. The van der Waals surface area contributed by atoms with Crippen molar-refractivity contribution in [3.05, 3.63) is 34.9 Å². The van der Waals surface area contributed by atoms with Crippen molar-refractivity contribution in [1.82, 2.24) is 0 Å². The maximum absolute atomic E-state index is 12.7. The lowest BCUT2D eigenvalue weighted by Gasteiger charge is -2.59. The molecule has 5 rings (SSSR count). The summed E-state index contributed by atoms with van der Waals surface area (Å²) >= 11 is 0. The summed E-state index contributed by atoms with van der Waals surface area (Å²) in [4.78, 5) is 0. The molecule has 224 valence electrons. The number of ether oxygens (including phenoxy) is 1. The molecular weight excluding hydrogens is 496 g/mol. The molecule has 1 aromatic carbocycles. The van der Waals surface area contributed by atoms with E-state index in [9.17, 15) is 15.3 Å². The summed E-state index contributed by atoms with van der Waals surface area (Å²) in [6, 6.07) is 4.91. The molecular formula is C36H56O4. The monoisotopic (exact) mass is 552 g/mol. The number of hydrogen-bond acceptors (Lipinski definition) is 4. The van der Waals surface area contributed by atoms with Crippen LogP contribution in [-0.4, -0.2) is 32.6 Å². The van der Waals surface area contributed by atoms with Crippen molar-refractivity contribution in [1.29, 1.82) is 0 Å². The molecule has 3 N–H and O–H groups in total. The molecule has 0 aromatic heterocycles. The molecule has 1 heterocycles. The van der Waals surface area contributed by atoms with Crippen LogP contribution < -0.4 is 0 Å². The molecule has 4 heteroatoms. The van der Waals surface area contributed by atoms with Crippen LogP contribution in [0.15, 0.2) is 29.3 Å². The van der Waals surface area contributed by atoms with Crippen LogP contribution in [0, 0.1) is 28.1 Å². The number of phenolic OH excluding ortho intramolecular Hbond substituents is 2. The molecule has 4 nitrogen and oxygen atoms in total. The second-order valence-corrected chi connectivity index (χ2v) is 15.8. The zero-order valence-electron chi connectivity index (χ0n) is 26.4. The van der Waals surface area contributed by atoms with Gasteiger partial charge in [-0.15, -0.1) is 0 Å². The van der Waals surface area contributed by atoms with Crippen molar-refractivity contribution >= 4 is 0 Å². The van der Waals surface area contributed by atoms with Gasteiger partial charge in [-0.3, -0.25) is 0 Å². The van der Waals surface area contributed by atoms with Gasteiger partial charge in [-0.1, -0.05) is 45.3 Å². The molecule has 1 aliphatic heterocycles. The third-order valence-electron chi connectivity index (χ3n) is 12.9. The van der Waals surface area contributed by atoms with Gasteiger partial charge in [-0.05, 0) is 139 Å². The first-order valence-electron chi connectivity index (χ1n) is 16.2. The van der Waals surface area contributed by atoms with Crippen molar-refractivity contribution in [3.8, 4) is 11.5 Å². The van der Waals surface area contributed by atoms with Gasteiger partial charge in [0.1, 0.15) is 11.5 Å². The summed E-state index contributed by atoms with van der Waals surface area (Å²) in [5.74, 6) is 1.30. The molecule has 2 unspecified atom stereocenters. The molecule has 0 radical (unpaired) electrons. The molecule has 1 aromatic rings. The Hall–Kier alpha value is -1.52. The average Bonchev–Trinajstić information content (AvgIpc) is 3.00. The summed E-state index contributed by atoms with van der Waals surface area (Å²) < 4.78 is 6.76. The van der Waals surface area contributed by atoms with Gasteiger partial charge in [-0.2, -0.15) is 0 Å². The summed E-state index contributed by atoms with van der Waals surface area (Å²) in [5.41, 5.74) is 2.92. The molecule has 40 heavy (non-hydrogen) atoms. The van der Waals surface area contributed by atoms with Crippen LogP contribution in [-0.2, 0) is 11.2 Å². The van der Waals surface area contributed by atoms with Gasteiger partial charge in [0.05, 0.1) is 17.3 Å². The average molecular weight is 553 g/mol. The van der Waals surface area contributed by atoms with Gasteiger partial charge in [0, 0.05) is 11.0 Å². The minimum absolute atomic E-state index is 0.0654. The Labute approximate surface area is 243 Å². The van der Waals surface area contributed by atoms with E-state index < -0.39 is 5.60 Å². The minimum atomic E-state index is -0.718. The Morgan fingerprint density at radius 1 is 0.900 bits per heavy atom. The van der Waals surface area contributed by atoms with Crippen LogP contribution in [0.25, 0.3) is 0 Å². The highest BCUT2D eigenvalue weighted by atomic mass is 16.5. The van der Waals surface area contributed by atoms with Gasteiger partial charge in [0.2, 0.25) is 0 Å². The Balaban J connectivity index is 1.41. The predicted molar refractivity (Wildman–Crippen MR) is 162 cm³/mol. The molecule has 3 aliphatic carbocycles. The minimum Gasteiger partial charge on any atom is -0.508 e. The Morgan fingerprint density at radius 2 is 1.62 bits per heavy atom. The number of phenols is 2. The summed E-state index contributed by atoms with van der Waals surface area (Å²) in [6.45, 7) is 16.4. The topological polar surface area (TPSA) is 69.9 Å². The van der Waals surface area contributed by atoms with Crippen molar-refractivity contribution in [2.24, 2.45) is 28.1 Å². The van der Waals surface area contributed by atoms with E-state index in [0.29, 0.717) is 12.3 Å². The highest BCUT2D eigenvalue weighted by Crippen LogP contribution is 2.63. The van der Waals surface area contributed by atoms with Gasteiger partial charge in [-0.25, -0.2) is 0 Å². The maximum atomic E-state index is 12.7. The van der Waals surface area contributed by atoms with E-state index in [4.69, 9.17) is 4.74 Å². The summed E-state index contributed by atoms with van der Waals surface area (Å²) in [5, 5.41) is 33.5. The second kappa shape index (κ2) is 10.3. The first kappa shape index (κ1) is 30.0. The molecule has 1 saturated heterocycles. The van der Waals surface area contributed by atoms with Crippen molar-refractivity contribution in [3.63, 3.8) is 0 Å². The third kappa shape index (κ3) is 4.93. The fourth-order valence-corrected chi connectivity index (χ4v) is 10.3. The number of benzene rings is 1. The number of aromatic hydroxyl groups is 2. The van der Waals surface area contributed by atoms with E-state index in [-0.39, 0.29) is 45.4 Å². The lowest BCUT2D eigenvalue weighted by atomic mass is 9.47. The Morgan fingerprint density at radius 3 is 2.38 bits per heavy atom. The quantitative estimate of drug-likeness (QED) is 0.252. The molecule has 2 saturated carbocycles. The van der Waals surface area contributed by atoms with E-state index in [1.807, 2.05) is 0 Å². The van der Waals surface area contributed by atoms with E-state index in [1.165, 1.54) is 36.8 Å². The molecule has 0 spiro atoms. The number of hydrogen-bond donors (Lipinski definition) is 3. The number of aliphatic hydroxyl groups is 1. The number of allylic oxidation sites excluding steroid dienone is 2. The lowest BCUT2D eigenvalue weighted by molar-refractivity contribution is -0.229. The molecule has 0 amide bonds. The summed E-state index contributed by atoms with van der Waals surface area (Å²) in [7, 11) is 0. The number of rotatable bonds is 5. The smallest absolute Gasteiger partial charge is 0.119 e. The van der Waals surface area contributed by atoms with Crippen LogP contribution in [0.2, 0.25) is 0 Å². The normalized spacial score (nSPS) is 41.6. The van der Waals surface area contributed by atoms with E-state index in [1.54, 1.807) is 18.2 Å². The Bertz CT molecular complexity index is 1140. The van der Waals surface area contributed by atoms with Crippen molar-refractivity contribution < 1.29 is 20.1 Å². The largest absolute Gasteiger partial charge is 0.508 e. The van der Waals surface area contributed by atoms with Crippen LogP contribution >= 0.6 is 0 Å². The highest BCUT2D eigenvalue weighted by Gasteiger charge is 2.60. The van der Waals surface area contributed by atoms with Gasteiger partial charge >= 0.3 is 0 Å². The number of fused-ring (bicyclic) bond motifs is 2.